The molecular weight excluding hydrogens is 389 g/mol. The zero-order chi connectivity index (χ0) is 19.2. The van der Waals surface area contributed by atoms with Crippen LogP contribution in [0.4, 0.5) is 18.3 Å². The first kappa shape index (κ1) is 20.2. The zero-order valence-electron chi connectivity index (χ0n) is 13.5. The Morgan fingerprint density at radius 1 is 1.23 bits per heavy atom. The molecule has 11 heteroatoms. The molecule has 1 heterocycles. The summed E-state index contributed by atoms with van der Waals surface area (Å²) in [6.45, 7) is 1.94. The Balaban J connectivity index is 2.07. The summed E-state index contributed by atoms with van der Waals surface area (Å²) in [7, 11) is 0. The van der Waals surface area contributed by atoms with Crippen molar-refractivity contribution in [1.29, 1.82) is 0 Å². The van der Waals surface area contributed by atoms with Crippen LogP contribution in [-0.4, -0.2) is 33.9 Å². The van der Waals surface area contributed by atoms with Crippen molar-refractivity contribution in [2.75, 3.05) is 11.1 Å². The number of nitrogens with zero attached hydrogens (tertiary/aromatic N) is 2. The standard InChI is InChI=1S/C15H15F3N4O2S2/c1-2-25-14-22-21-13(26-14)20-11(23)8-10(9-6-4-3-5-7-9)19-12(24)15(16,17)18/h3-7,10H,2,8H2,1H3,(H,19,24)(H,20,21,23)/t10-/m1/s1. The number of alkyl halides is 3. The predicted octanol–water partition coefficient (Wildman–Crippen LogP) is 3.40. The van der Waals surface area contributed by atoms with Gasteiger partial charge in [-0.1, -0.05) is 60.4 Å². The van der Waals surface area contributed by atoms with Crippen LogP contribution in [0.15, 0.2) is 34.7 Å². The van der Waals surface area contributed by atoms with Crippen molar-refractivity contribution >= 4 is 40.0 Å². The van der Waals surface area contributed by atoms with E-state index in [1.165, 1.54) is 35.2 Å². The number of carbonyl (C=O) groups is 2. The number of hydrogen-bond acceptors (Lipinski definition) is 6. The van der Waals surface area contributed by atoms with E-state index in [-0.39, 0.29) is 11.6 Å². The quantitative estimate of drug-likeness (QED) is 0.546. The number of halogens is 3. The van der Waals surface area contributed by atoms with Crippen LogP contribution in [-0.2, 0) is 9.59 Å². The maximum atomic E-state index is 12.6. The molecule has 0 fully saturated rings. The number of anilines is 1. The number of nitrogens with one attached hydrogen (secondary N) is 2. The first-order valence-electron chi connectivity index (χ1n) is 7.48. The largest absolute Gasteiger partial charge is 0.471 e. The number of thioether (sulfide) groups is 1. The predicted molar refractivity (Wildman–Crippen MR) is 92.9 cm³/mol. The highest BCUT2D eigenvalue weighted by molar-refractivity contribution is 8.01. The topological polar surface area (TPSA) is 84.0 Å². The fraction of sp³-hybridized carbons (Fsp3) is 0.333. The molecule has 2 rings (SSSR count). The lowest BCUT2D eigenvalue weighted by Gasteiger charge is -2.19. The molecule has 140 valence electrons. The third-order valence-corrected chi connectivity index (χ3v) is 4.93. The summed E-state index contributed by atoms with van der Waals surface area (Å²) in [5, 5.41) is 12.3. The molecule has 1 atom stereocenters. The average Bonchev–Trinajstić information content (AvgIpc) is 3.01. The van der Waals surface area contributed by atoms with Gasteiger partial charge in [0.25, 0.3) is 0 Å². The number of carbonyl (C=O) groups excluding carboxylic acids is 2. The van der Waals surface area contributed by atoms with Crippen LogP contribution in [0.25, 0.3) is 0 Å². The van der Waals surface area contributed by atoms with Gasteiger partial charge in [-0.3, -0.25) is 9.59 Å². The molecule has 6 nitrogen and oxygen atoms in total. The van der Waals surface area contributed by atoms with Gasteiger partial charge in [-0.05, 0) is 11.3 Å². The molecule has 26 heavy (non-hydrogen) atoms. The highest BCUT2D eigenvalue weighted by Gasteiger charge is 2.40. The monoisotopic (exact) mass is 404 g/mol. The molecule has 0 aliphatic carbocycles. The van der Waals surface area contributed by atoms with E-state index in [0.29, 0.717) is 9.90 Å². The molecule has 0 unspecified atom stereocenters. The lowest BCUT2D eigenvalue weighted by atomic mass is 10.0. The Bertz CT molecular complexity index is 753. The van der Waals surface area contributed by atoms with Gasteiger partial charge in [0.1, 0.15) is 0 Å². The number of aromatic nitrogens is 2. The summed E-state index contributed by atoms with van der Waals surface area (Å²) >= 11 is 2.63. The third kappa shape index (κ3) is 5.99. The van der Waals surface area contributed by atoms with Crippen LogP contribution >= 0.6 is 23.1 Å². The minimum absolute atomic E-state index is 0.250. The van der Waals surface area contributed by atoms with Crippen molar-refractivity contribution in [3.63, 3.8) is 0 Å². The van der Waals surface area contributed by atoms with Crippen molar-refractivity contribution < 1.29 is 22.8 Å². The summed E-state index contributed by atoms with van der Waals surface area (Å²) in [5.41, 5.74) is 0.389. The summed E-state index contributed by atoms with van der Waals surface area (Å²) in [6, 6.07) is 6.85. The number of rotatable bonds is 7. The van der Waals surface area contributed by atoms with Gasteiger partial charge in [0.2, 0.25) is 11.0 Å². The SMILES string of the molecule is CCSc1nnc(NC(=O)C[C@@H](NC(=O)C(F)(F)F)c2ccccc2)s1. The van der Waals surface area contributed by atoms with Gasteiger partial charge < -0.3 is 10.6 Å². The first-order chi connectivity index (χ1) is 12.3. The minimum atomic E-state index is -5.03. The van der Waals surface area contributed by atoms with Gasteiger partial charge in [0.15, 0.2) is 4.34 Å². The maximum absolute atomic E-state index is 12.6. The molecule has 2 aromatic rings. The Hall–Kier alpha value is -2.14. The van der Waals surface area contributed by atoms with Crippen molar-refractivity contribution in [2.24, 2.45) is 0 Å². The van der Waals surface area contributed by atoms with Crippen molar-refractivity contribution in [1.82, 2.24) is 15.5 Å². The number of hydrogen-bond donors (Lipinski definition) is 2. The van der Waals surface area contributed by atoms with Crippen LogP contribution in [0.2, 0.25) is 0 Å². The molecular formula is C15H15F3N4O2S2. The molecule has 0 saturated carbocycles. The summed E-state index contributed by atoms with van der Waals surface area (Å²) in [6.07, 6.45) is -5.41. The van der Waals surface area contributed by atoms with E-state index in [2.05, 4.69) is 15.5 Å². The number of benzene rings is 1. The van der Waals surface area contributed by atoms with Crippen LogP contribution in [0.1, 0.15) is 24.9 Å². The van der Waals surface area contributed by atoms with Gasteiger partial charge in [-0.2, -0.15) is 13.2 Å². The summed E-state index contributed by atoms with van der Waals surface area (Å²) in [4.78, 5) is 23.5. The molecule has 0 aliphatic rings. The lowest BCUT2D eigenvalue weighted by molar-refractivity contribution is -0.174. The van der Waals surface area contributed by atoms with E-state index in [9.17, 15) is 22.8 Å². The zero-order valence-corrected chi connectivity index (χ0v) is 15.2. The molecule has 0 radical (unpaired) electrons. The van der Waals surface area contributed by atoms with E-state index in [1.54, 1.807) is 18.2 Å². The Morgan fingerprint density at radius 3 is 2.54 bits per heavy atom. The second-order valence-electron chi connectivity index (χ2n) is 4.99. The van der Waals surface area contributed by atoms with E-state index in [4.69, 9.17) is 0 Å². The Kier molecular flexibility index (Phi) is 6.98. The normalized spacial score (nSPS) is 12.5. The van der Waals surface area contributed by atoms with Crippen molar-refractivity contribution in [2.45, 2.75) is 29.9 Å². The maximum Gasteiger partial charge on any atom is 0.471 e. The van der Waals surface area contributed by atoms with E-state index in [1.807, 2.05) is 12.2 Å². The third-order valence-electron chi connectivity index (χ3n) is 3.07. The molecule has 1 aromatic carbocycles. The highest BCUT2D eigenvalue weighted by atomic mass is 32.2. The summed E-state index contributed by atoms with van der Waals surface area (Å²) in [5.74, 6) is -1.88. The summed E-state index contributed by atoms with van der Waals surface area (Å²) < 4.78 is 38.3. The van der Waals surface area contributed by atoms with E-state index in [0.717, 1.165) is 5.75 Å². The van der Waals surface area contributed by atoms with Crippen molar-refractivity contribution in [3.8, 4) is 0 Å². The smallest absolute Gasteiger partial charge is 0.341 e. The van der Waals surface area contributed by atoms with Gasteiger partial charge in [-0.15, -0.1) is 10.2 Å². The van der Waals surface area contributed by atoms with E-state index < -0.39 is 24.0 Å². The van der Waals surface area contributed by atoms with Gasteiger partial charge in [0.05, 0.1) is 12.5 Å². The molecule has 0 bridgehead atoms. The second kappa shape index (κ2) is 8.99. The van der Waals surface area contributed by atoms with Gasteiger partial charge >= 0.3 is 12.1 Å². The second-order valence-corrected chi connectivity index (χ2v) is 7.48. The fourth-order valence-electron chi connectivity index (χ4n) is 1.98. The average molecular weight is 404 g/mol. The van der Waals surface area contributed by atoms with Gasteiger partial charge in [-0.25, -0.2) is 0 Å². The molecule has 0 aliphatic heterocycles. The van der Waals surface area contributed by atoms with Crippen LogP contribution in [0.5, 0.6) is 0 Å². The first-order valence-corrected chi connectivity index (χ1v) is 9.28. The van der Waals surface area contributed by atoms with Crippen LogP contribution < -0.4 is 10.6 Å². The molecule has 2 amide bonds. The molecule has 0 spiro atoms. The van der Waals surface area contributed by atoms with Crippen LogP contribution in [0, 0.1) is 0 Å². The van der Waals surface area contributed by atoms with E-state index >= 15 is 0 Å². The molecule has 0 saturated heterocycles. The van der Waals surface area contributed by atoms with Crippen molar-refractivity contribution in [3.05, 3.63) is 35.9 Å². The minimum Gasteiger partial charge on any atom is -0.341 e. The molecule has 1 aromatic heterocycles. The Morgan fingerprint density at radius 2 is 1.92 bits per heavy atom. The van der Waals surface area contributed by atoms with Gasteiger partial charge in [0, 0.05) is 0 Å². The Labute approximate surface area is 155 Å². The highest BCUT2D eigenvalue weighted by Crippen LogP contribution is 2.26. The lowest BCUT2D eigenvalue weighted by Crippen LogP contribution is -2.40. The van der Waals surface area contributed by atoms with Crippen LogP contribution in [0.3, 0.4) is 0 Å². The molecule has 2 N–H and O–H groups in total. The number of amides is 2. The fourth-order valence-corrected chi connectivity index (χ4v) is 3.64.